The molecule has 3 nitrogen and oxygen atoms in total. The van der Waals surface area contributed by atoms with Crippen molar-refractivity contribution in [2.45, 2.75) is 39.5 Å². The molecule has 0 heterocycles. The molecular formula is C28H40N2O. The molecule has 0 fully saturated rings. The smallest absolute Gasteiger partial charge is 0.0642 e. The molecule has 0 saturated heterocycles. The molecule has 0 aliphatic carbocycles. The highest BCUT2D eigenvalue weighted by Crippen LogP contribution is 2.23. The van der Waals surface area contributed by atoms with Crippen molar-refractivity contribution < 1.29 is 4.74 Å². The standard InChI is InChI=1S/C28H40N2O/c1-5-9-19-29(27-17-13-11-15-25(27)7-3)21-23-31-24-22-30(20-10-6-2)28-18-14-12-16-26(28)8-4/h7-8,11-18H,3-6,9-10,19-24H2,1-2H3. The number of hydrogen-bond donors (Lipinski definition) is 0. The lowest BCUT2D eigenvalue weighted by Gasteiger charge is -2.28. The van der Waals surface area contributed by atoms with E-state index in [1.807, 2.05) is 12.2 Å². The Labute approximate surface area is 190 Å². The molecule has 0 aliphatic rings. The summed E-state index contributed by atoms with van der Waals surface area (Å²) >= 11 is 0. The van der Waals surface area contributed by atoms with Gasteiger partial charge in [0.05, 0.1) is 13.2 Å². The first-order chi connectivity index (χ1) is 15.2. The van der Waals surface area contributed by atoms with E-state index < -0.39 is 0 Å². The maximum atomic E-state index is 6.11. The summed E-state index contributed by atoms with van der Waals surface area (Å²) in [6, 6.07) is 17.0. The van der Waals surface area contributed by atoms with Gasteiger partial charge >= 0.3 is 0 Å². The fraction of sp³-hybridized carbons (Fsp3) is 0.429. The van der Waals surface area contributed by atoms with Crippen LogP contribution in [-0.2, 0) is 4.74 Å². The summed E-state index contributed by atoms with van der Waals surface area (Å²) in [6.07, 6.45) is 8.60. The number of benzene rings is 2. The SMILES string of the molecule is C=Cc1ccccc1N(CCCC)CCOCCN(CCCC)c1ccccc1C=C. The van der Waals surface area contributed by atoms with Crippen molar-refractivity contribution in [2.24, 2.45) is 0 Å². The van der Waals surface area contributed by atoms with Crippen LogP contribution in [0.5, 0.6) is 0 Å². The van der Waals surface area contributed by atoms with Crippen molar-refractivity contribution in [3.63, 3.8) is 0 Å². The Bertz CT molecular complexity index is 721. The van der Waals surface area contributed by atoms with E-state index in [4.69, 9.17) is 4.74 Å². The van der Waals surface area contributed by atoms with Crippen molar-refractivity contribution in [1.82, 2.24) is 0 Å². The molecule has 0 amide bonds. The minimum Gasteiger partial charge on any atom is -0.378 e. The molecule has 168 valence electrons. The van der Waals surface area contributed by atoms with Gasteiger partial charge in [0.15, 0.2) is 0 Å². The maximum absolute atomic E-state index is 6.11. The molecule has 0 aliphatic heterocycles. The van der Waals surface area contributed by atoms with Gasteiger partial charge in [0.1, 0.15) is 0 Å². The van der Waals surface area contributed by atoms with E-state index in [9.17, 15) is 0 Å². The van der Waals surface area contributed by atoms with Gasteiger partial charge in [-0.1, -0.05) is 88.4 Å². The average molecular weight is 421 g/mol. The van der Waals surface area contributed by atoms with Crippen molar-refractivity contribution in [2.75, 3.05) is 49.2 Å². The Kier molecular flexibility index (Phi) is 11.6. The molecule has 0 spiro atoms. The molecule has 2 rings (SSSR count). The fourth-order valence-electron chi connectivity index (χ4n) is 3.75. The first-order valence-corrected chi connectivity index (χ1v) is 11.8. The van der Waals surface area contributed by atoms with E-state index in [0.29, 0.717) is 0 Å². The lowest BCUT2D eigenvalue weighted by atomic mass is 10.1. The molecule has 0 saturated carbocycles. The number of nitrogens with zero attached hydrogens (tertiary/aromatic N) is 2. The van der Waals surface area contributed by atoms with Gasteiger partial charge in [0.2, 0.25) is 0 Å². The Morgan fingerprint density at radius 2 is 1.10 bits per heavy atom. The predicted octanol–water partition coefficient (Wildman–Crippen LogP) is 6.90. The van der Waals surface area contributed by atoms with E-state index >= 15 is 0 Å². The van der Waals surface area contributed by atoms with Crippen LogP contribution in [0.3, 0.4) is 0 Å². The topological polar surface area (TPSA) is 15.7 Å². The molecule has 0 unspecified atom stereocenters. The number of anilines is 2. The van der Waals surface area contributed by atoms with Crippen LogP contribution in [0.25, 0.3) is 12.2 Å². The second-order valence-electron chi connectivity index (χ2n) is 7.82. The monoisotopic (exact) mass is 420 g/mol. The van der Waals surface area contributed by atoms with Gasteiger partial charge < -0.3 is 14.5 Å². The lowest BCUT2D eigenvalue weighted by molar-refractivity contribution is 0.146. The molecule has 2 aromatic rings. The number of unbranched alkanes of at least 4 members (excludes halogenated alkanes) is 2. The second-order valence-corrected chi connectivity index (χ2v) is 7.82. The van der Waals surface area contributed by atoms with Crippen molar-refractivity contribution in [3.05, 3.63) is 72.8 Å². The summed E-state index contributed by atoms with van der Waals surface area (Å²) in [5, 5.41) is 0. The van der Waals surface area contributed by atoms with Crippen LogP contribution in [0, 0.1) is 0 Å². The highest BCUT2D eigenvalue weighted by atomic mass is 16.5. The van der Waals surface area contributed by atoms with E-state index in [-0.39, 0.29) is 0 Å². The van der Waals surface area contributed by atoms with Crippen LogP contribution in [-0.4, -0.2) is 39.4 Å². The number of para-hydroxylation sites is 2. The zero-order chi connectivity index (χ0) is 22.3. The Morgan fingerprint density at radius 1 is 0.677 bits per heavy atom. The van der Waals surface area contributed by atoms with Crippen LogP contribution in [0.15, 0.2) is 61.7 Å². The summed E-state index contributed by atoms with van der Waals surface area (Å²) < 4.78 is 6.11. The van der Waals surface area contributed by atoms with E-state index in [1.165, 1.54) is 48.2 Å². The lowest BCUT2D eigenvalue weighted by Crippen LogP contribution is -2.32. The summed E-state index contributed by atoms with van der Waals surface area (Å²) in [6.45, 7) is 17.7. The van der Waals surface area contributed by atoms with Crippen LogP contribution >= 0.6 is 0 Å². The molecule has 3 heteroatoms. The van der Waals surface area contributed by atoms with Gasteiger partial charge in [0, 0.05) is 37.6 Å². The molecule has 0 aromatic heterocycles. The quantitative estimate of drug-likeness (QED) is 0.275. The first kappa shape index (κ1) is 24.7. The van der Waals surface area contributed by atoms with Crippen molar-refractivity contribution in [1.29, 1.82) is 0 Å². The number of rotatable bonds is 16. The van der Waals surface area contributed by atoms with Crippen molar-refractivity contribution >= 4 is 23.5 Å². The van der Waals surface area contributed by atoms with Gasteiger partial charge in [-0.25, -0.2) is 0 Å². The summed E-state index contributed by atoms with van der Waals surface area (Å²) in [5.41, 5.74) is 4.87. The third kappa shape index (κ3) is 7.91. The highest BCUT2D eigenvalue weighted by Gasteiger charge is 2.11. The zero-order valence-electron chi connectivity index (χ0n) is 19.6. The second kappa shape index (κ2) is 14.5. The number of hydrogen-bond acceptors (Lipinski definition) is 3. The zero-order valence-corrected chi connectivity index (χ0v) is 19.6. The molecule has 0 atom stereocenters. The first-order valence-electron chi connectivity index (χ1n) is 11.8. The van der Waals surface area contributed by atoms with E-state index in [2.05, 4.69) is 85.3 Å². The highest BCUT2D eigenvalue weighted by molar-refractivity contribution is 5.67. The Hall–Kier alpha value is -2.52. The van der Waals surface area contributed by atoms with Gasteiger partial charge in [-0.15, -0.1) is 0 Å². The molecule has 2 aromatic carbocycles. The minimum absolute atomic E-state index is 0.722. The van der Waals surface area contributed by atoms with Gasteiger partial charge in [-0.05, 0) is 36.1 Å². The average Bonchev–Trinajstić information content (AvgIpc) is 2.82. The fourth-order valence-corrected chi connectivity index (χ4v) is 3.75. The summed E-state index contributed by atoms with van der Waals surface area (Å²) in [7, 11) is 0. The predicted molar refractivity (Wildman–Crippen MR) is 138 cm³/mol. The van der Waals surface area contributed by atoms with Gasteiger partial charge in [-0.3, -0.25) is 0 Å². The van der Waals surface area contributed by atoms with Crippen LogP contribution < -0.4 is 9.80 Å². The third-order valence-corrected chi connectivity index (χ3v) is 5.57. The van der Waals surface area contributed by atoms with Crippen LogP contribution in [0.2, 0.25) is 0 Å². The minimum atomic E-state index is 0.722. The molecule has 0 N–H and O–H groups in total. The van der Waals surface area contributed by atoms with Crippen LogP contribution in [0.4, 0.5) is 11.4 Å². The third-order valence-electron chi connectivity index (χ3n) is 5.57. The largest absolute Gasteiger partial charge is 0.378 e. The molecular weight excluding hydrogens is 380 g/mol. The van der Waals surface area contributed by atoms with Crippen LogP contribution in [0.1, 0.15) is 50.7 Å². The molecule has 0 radical (unpaired) electrons. The summed E-state index contributed by atoms with van der Waals surface area (Å²) in [5.74, 6) is 0. The van der Waals surface area contributed by atoms with Gasteiger partial charge in [-0.2, -0.15) is 0 Å². The normalized spacial score (nSPS) is 10.6. The van der Waals surface area contributed by atoms with Crippen molar-refractivity contribution in [3.8, 4) is 0 Å². The Balaban J connectivity index is 1.93. The Morgan fingerprint density at radius 3 is 1.48 bits per heavy atom. The van der Waals surface area contributed by atoms with E-state index in [1.54, 1.807) is 0 Å². The van der Waals surface area contributed by atoms with E-state index in [0.717, 1.165) is 39.4 Å². The molecule has 0 bridgehead atoms. The number of ether oxygens (including phenoxy) is 1. The maximum Gasteiger partial charge on any atom is 0.0642 e. The molecule has 31 heavy (non-hydrogen) atoms. The summed E-state index contributed by atoms with van der Waals surface area (Å²) in [4.78, 5) is 4.87. The van der Waals surface area contributed by atoms with Gasteiger partial charge in [0.25, 0.3) is 0 Å².